The third-order valence-corrected chi connectivity index (χ3v) is 13.0. The first-order chi connectivity index (χ1) is 30.6. The molecule has 9 atom stereocenters. The van der Waals surface area contributed by atoms with Gasteiger partial charge in [0.1, 0.15) is 23.5 Å². The van der Waals surface area contributed by atoms with Crippen molar-refractivity contribution in [2.45, 2.75) is 108 Å². The quantitative estimate of drug-likeness (QED) is 0.0790. The summed E-state index contributed by atoms with van der Waals surface area (Å²) in [5, 5.41) is 37.2. The molecule has 17 nitrogen and oxygen atoms in total. The Morgan fingerprint density at radius 1 is 0.734 bits per heavy atom. The van der Waals surface area contributed by atoms with Crippen LogP contribution in [-0.4, -0.2) is 121 Å². The smallest absolute Gasteiger partial charge is 0.407 e. The van der Waals surface area contributed by atoms with E-state index in [-0.39, 0.29) is 61.1 Å². The Bertz CT molecular complexity index is 2480. The van der Waals surface area contributed by atoms with Crippen molar-refractivity contribution in [2.75, 3.05) is 32.2 Å². The van der Waals surface area contributed by atoms with Crippen LogP contribution in [-0.2, 0) is 19.1 Å². The first-order valence-electron chi connectivity index (χ1n) is 22.0. The molecule has 64 heavy (non-hydrogen) atoms. The zero-order chi connectivity index (χ0) is 45.6. The summed E-state index contributed by atoms with van der Waals surface area (Å²) >= 11 is 0. The molecule has 3 aromatic carbocycles. The Balaban J connectivity index is 1.07. The van der Waals surface area contributed by atoms with Gasteiger partial charge in [0.15, 0.2) is 0 Å². The summed E-state index contributed by atoms with van der Waals surface area (Å²) < 4.78 is 24.1. The van der Waals surface area contributed by atoms with Gasteiger partial charge in [-0.3, -0.25) is 14.9 Å². The van der Waals surface area contributed by atoms with Crippen LogP contribution in [0.25, 0.3) is 22.1 Å². The Morgan fingerprint density at radius 2 is 1.22 bits per heavy atom. The lowest BCUT2D eigenvalue weighted by Gasteiger charge is -2.33. The van der Waals surface area contributed by atoms with Crippen LogP contribution in [0.1, 0.15) is 100 Å². The molecule has 9 unspecified atom stereocenters. The predicted molar refractivity (Wildman–Crippen MR) is 235 cm³/mol. The second-order valence-corrected chi connectivity index (χ2v) is 17.9. The van der Waals surface area contributed by atoms with E-state index in [0.717, 1.165) is 40.7 Å². The Hall–Kier alpha value is -5.66. The average molecular weight is 884 g/mol. The fourth-order valence-electron chi connectivity index (χ4n) is 9.72. The number of anilines is 1. The number of nitrogens with zero attached hydrogens (tertiary/aromatic N) is 5. The van der Waals surface area contributed by atoms with Crippen molar-refractivity contribution >= 4 is 45.7 Å². The second kappa shape index (κ2) is 18.4. The van der Waals surface area contributed by atoms with Gasteiger partial charge in [0, 0.05) is 38.7 Å². The van der Waals surface area contributed by atoms with Gasteiger partial charge in [0.05, 0.1) is 71.6 Å². The summed E-state index contributed by atoms with van der Waals surface area (Å²) in [6.45, 7) is 7.63. The highest BCUT2D eigenvalue weighted by atomic mass is 19.1. The number of aromatic nitrogens is 4. The topological polar surface area (TPSA) is 221 Å². The molecule has 5 aromatic rings. The third kappa shape index (κ3) is 8.89. The lowest BCUT2D eigenvalue weighted by Crippen LogP contribution is -2.53. The number of aliphatic hydroxyl groups excluding tert-OH is 3. The van der Waals surface area contributed by atoms with Crippen LogP contribution < -0.4 is 15.5 Å². The van der Waals surface area contributed by atoms with Crippen molar-refractivity contribution in [1.82, 2.24) is 40.4 Å². The number of ether oxygens (including phenoxy) is 2. The van der Waals surface area contributed by atoms with Crippen molar-refractivity contribution in [3.05, 3.63) is 89.3 Å². The van der Waals surface area contributed by atoms with Crippen LogP contribution in [0.3, 0.4) is 0 Å². The molecule has 0 saturated carbocycles. The van der Waals surface area contributed by atoms with Gasteiger partial charge in [-0.1, -0.05) is 39.8 Å². The summed E-state index contributed by atoms with van der Waals surface area (Å²) in [5.74, 6) is -0.272. The number of hydrogen-bond donors (Lipinski definition) is 7. The number of aromatic amines is 2. The normalized spacial score (nSPS) is 24.0. The van der Waals surface area contributed by atoms with Gasteiger partial charge in [-0.15, -0.1) is 0 Å². The van der Waals surface area contributed by atoms with Crippen LogP contribution in [0.2, 0.25) is 0 Å². The number of hydrogen-bond acceptors (Lipinski definition) is 12. The minimum atomic E-state index is -1.33. The molecule has 342 valence electrons. The van der Waals surface area contributed by atoms with Crippen LogP contribution >= 0.6 is 0 Å². The molecule has 7 N–H and O–H groups in total. The van der Waals surface area contributed by atoms with Gasteiger partial charge in [0.25, 0.3) is 0 Å². The molecule has 0 bridgehead atoms. The minimum Gasteiger partial charge on any atom is -0.453 e. The van der Waals surface area contributed by atoms with E-state index in [1.54, 1.807) is 21.9 Å². The number of nitrogens with one attached hydrogen (secondary N) is 4. The maximum absolute atomic E-state index is 14.4. The number of halogens is 1. The first kappa shape index (κ1) is 44.9. The maximum atomic E-state index is 14.4. The number of amides is 3. The molecule has 3 aliphatic heterocycles. The predicted octanol–water partition coefficient (Wildman–Crippen LogP) is 4.85. The molecule has 3 fully saturated rings. The fraction of sp³-hybridized carbons (Fsp3) is 0.500. The van der Waals surface area contributed by atoms with Crippen LogP contribution in [0.4, 0.5) is 14.9 Å². The van der Waals surface area contributed by atoms with E-state index in [1.165, 1.54) is 26.4 Å². The number of β-amino-alcohol motifs (C(OH)–C–C–N with tert-alkyl or cyclic N) is 2. The first-order valence-corrected chi connectivity index (χ1v) is 22.0. The molecular formula is C46H58FN9O8. The summed E-state index contributed by atoms with van der Waals surface area (Å²) in [6.07, 6.45) is -1.43. The van der Waals surface area contributed by atoms with Crippen molar-refractivity contribution in [2.24, 2.45) is 11.8 Å². The summed E-state index contributed by atoms with van der Waals surface area (Å²) in [6, 6.07) is 15.7. The molecule has 3 saturated heterocycles. The van der Waals surface area contributed by atoms with E-state index >= 15 is 0 Å². The highest BCUT2D eigenvalue weighted by Crippen LogP contribution is 2.48. The number of likely N-dealkylation sites (tertiary alicyclic amines) is 2. The van der Waals surface area contributed by atoms with Gasteiger partial charge in [-0.25, -0.2) is 19.2 Å². The lowest BCUT2D eigenvalue weighted by molar-refractivity contribution is -0.145. The number of benzene rings is 3. The molecule has 3 amide bonds. The molecule has 8 rings (SSSR count). The Kier molecular flexibility index (Phi) is 12.9. The van der Waals surface area contributed by atoms with Crippen molar-refractivity contribution in [3.8, 4) is 0 Å². The van der Waals surface area contributed by atoms with Crippen LogP contribution in [0.15, 0.2) is 60.7 Å². The second-order valence-electron chi connectivity index (χ2n) is 17.9. The number of methoxy groups -OCH3 is 2. The SMILES string of the molecule is COC(=O)NC(C(=O)N1CC(O)CC1c1nc2ccc(C3CCC(c4ccc5nc(C6CC(O)CN6C(=O)C(NC(O)OC)C(C)C)[nH]c5c4)N3c3ccc(F)cc3)cc2[nH]1)C(C)C. The number of aliphatic hydroxyl groups is 3. The van der Waals surface area contributed by atoms with E-state index in [0.29, 0.717) is 29.1 Å². The molecule has 18 heteroatoms. The van der Waals surface area contributed by atoms with Gasteiger partial charge >= 0.3 is 6.09 Å². The van der Waals surface area contributed by atoms with Crippen molar-refractivity contribution in [3.63, 3.8) is 0 Å². The zero-order valence-corrected chi connectivity index (χ0v) is 36.9. The van der Waals surface area contributed by atoms with Gasteiger partial charge in [-0.05, 0) is 84.3 Å². The van der Waals surface area contributed by atoms with Crippen molar-refractivity contribution in [1.29, 1.82) is 0 Å². The number of fused-ring (bicyclic) bond motifs is 2. The minimum absolute atomic E-state index is 0.0962. The van der Waals surface area contributed by atoms with Crippen molar-refractivity contribution < 1.29 is 43.6 Å². The van der Waals surface area contributed by atoms with E-state index in [4.69, 9.17) is 19.4 Å². The molecule has 0 aliphatic carbocycles. The average Bonchev–Trinajstić information content (AvgIpc) is 4.12. The summed E-state index contributed by atoms with van der Waals surface area (Å²) in [5.41, 5.74) is 5.81. The number of alkyl carbamates (subject to hydrolysis) is 1. The van der Waals surface area contributed by atoms with E-state index in [9.17, 15) is 34.1 Å². The Morgan fingerprint density at radius 3 is 1.67 bits per heavy atom. The van der Waals surface area contributed by atoms with Gasteiger partial charge in [-0.2, -0.15) is 0 Å². The number of carbonyl (C=O) groups excluding carboxylic acids is 3. The van der Waals surface area contributed by atoms with Gasteiger partial charge in [0.2, 0.25) is 18.2 Å². The molecule has 0 radical (unpaired) electrons. The monoisotopic (exact) mass is 883 g/mol. The third-order valence-electron chi connectivity index (χ3n) is 13.0. The van der Waals surface area contributed by atoms with Gasteiger partial charge < -0.3 is 54.8 Å². The number of rotatable bonds is 13. The molecule has 0 spiro atoms. The lowest BCUT2D eigenvalue weighted by atomic mass is 10.0. The molecule has 5 heterocycles. The standard InChI is InChI=1S/C46H58FN9O8/c1-23(2)39(52-45(61)63-5)43(59)54-21-29(57)19-37(54)41-48-31-13-7-25(17-33(31)50-41)35-15-16-36(56(35)28-11-9-27(47)10-12-28)26-8-14-32-34(18-26)51-42(49-32)38-20-30(58)22-55(38)44(60)40(24(3)4)53-46(62)64-6/h7-14,17-18,23-24,29-30,35-40,45,52,57-58,61H,15-16,19-22H2,1-6H3,(H,48,50)(H,49,51)(H,53,62). The highest BCUT2D eigenvalue weighted by Gasteiger charge is 2.43. The summed E-state index contributed by atoms with van der Waals surface area (Å²) in [4.78, 5) is 62.0. The maximum Gasteiger partial charge on any atom is 0.407 e. The zero-order valence-electron chi connectivity index (χ0n) is 36.9. The number of H-pyrrole nitrogens is 2. The van der Waals surface area contributed by atoms with E-state index in [1.807, 2.05) is 52.0 Å². The number of imidazole rings is 2. The molecular weight excluding hydrogens is 826 g/mol. The van der Waals surface area contributed by atoms with E-state index in [2.05, 4.69) is 37.6 Å². The molecule has 2 aromatic heterocycles. The molecule has 3 aliphatic rings. The number of carbonyl (C=O) groups is 3. The van der Waals surface area contributed by atoms with Crippen LogP contribution in [0.5, 0.6) is 0 Å². The fourth-order valence-corrected chi connectivity index (χ4v) is 9.72. The van der Waals surface area contributed by atoms with E-state index < -0.39 is 48.9 Å². The highest BCUT2D eigenvalue weighted by molar-refractivity contribution is 5.87. The summed E-state index contributed by atoms with van der Waals surface area (Å²) in [7, 11) is 2.58. The Labute approximate surface area is 370 Å². The van der Waals surface area contributed by atoms with Crippen LogP contribution in [0, 0.1) is 17.7 Å². The largest absolute Gasteiger partial charge is 0.453 e.